The van der Waals surface area contributed by atoms with E-state index in [9.17, 15) is 0 Å². The van der Waals surface area contributed by atoms with Crippen LogP contribution in [-0.2, 0) is 0 Å². The van der Waals surface area contributed by atoms with Gasteiger partial charge in [0, 0.05) is 0 Å². The first kappa shape index (κ1) is 26.9. The Hall–Kier alpha value is -6.24. The summed E-state index contributed by atoms with van der Waals surface area (Å²) in [5, 5.41) is 15.3. The zero-order valence-corrected chi connectivity index (χ0v) is 26.3. The van der Waals surface area contributed by atoms with Gasteiger partial charge >= 0.3 is 0 Å². The Morgan fingerprint density at radius 2 is 0.667 bits per heavy atom. The number of fused-ring (bicyclic) bond motifs is 9. The van der Waals surface area contributed by atoms with Crippen molar-refractivity contribution in [2.45, 2.75) is 0 Å². The summed E-state index contributed by atoms with van der Waals surface area (Å²) in [6, 6.07) is 67.2. The fourth-order valence-corrected chi connectivity index (χ4v) is 8.08. The molecule has 0 aliphatic rings. The van der Waals surface area contributed by atoms with E-state index in [1.807, 2.05) is 0 Å². The third-order valence-electron chi connectivity index (χ3n) is 10.2. The summed E-state index contributed by atoms with van der Waals surface area (Å²) in [6.07, 6.45) is 0. The second kappa shape index (κ2) is 10.7. The zero-order chi connectivity index (χ0) is 31.6. The lowest BCUT2D eigenvalue weighted by atomic mass is 9.79. The normalized spacial score (nSPS) is 11.8. The van der Waals surface area contributed by atoms with Crippen molar-refractivity contribution in [3.8, 4) is 33.4 Å². The van der Waals surface area contributed by atoms with Crippen molar-refractivity contribution in [1.82, 2.24) is 0 Å². The highest BCUT2D eigenvalue weighted by molar-refractivity contribution is 6.37. The molecule has 0 heteroatoms. The van der Waals surface area contributed by atoms with Crippen LogP contribution in [0.1, 0.15) is 0 Å². The van der Waals surface area contributed by atoms with E-state index in [1.54, 1.807) is 0 Å². The largest absolute Gasteiger partial charge is 0.0622 e. The molecule has 0 aliphatic heterocycles. The molecule has 0 bridgehead atoms. The summed E-state index contributed by atoms with van der Waals surface area (Å²) in [5.41, 5.74) is 7.54. The molecule has 10 rings (SSSR count). The van der Waals surface area contributed by atoms with E-state index in [-0.39, 0.29) is 0 Å². The summed E-state index contributed by atoms with van der Waals surface area (Å²) in [6.45, 7) is 0. The van der Waals surface area contributed by atoms with E-state index in [1.165, 1.54) is 98.0 Å². The molecular weight excluding hydrogens is 577 g/mol. The predicted molar refractivity (Wildman–Crippen MR) is 208 cm³/mol. The average Bonchev–Trinajstić information content (AvgIpc) is 3.16. The van der Waals surface area contributed by atoms with Gasteiger partial charge in [0.1, 0.15) is 0 Å². The van der Waals surface area contributed by atoms with Crippen LogP contribution in [0.25, 0.3) is 98.0 Å². The number of hydrogen-bond acceptors (Lipinski definition) is 0. The molecule has 222 valence electrons. The van der Waals surface area contributed by atoms with Gasteiger partial charge in [-0.3, -0.25) is 0 Å². The molecule has 0 nitrogen and oxygen atoms in total. The molecule has 0 atom stereocenters. The Balaban J connectivity index is 1.49. The third kappa shape index (κ3) is 4.03. The van der Waals surface area contributed by atoms with Crippen LogP contribution in [0.2, 0.25) is 0 Å². The first-order chi connectivity index (χ1) is 23.8. The van der Waals surface area contributed by atoms with Crippen LogP contribution in [0, 0.1) is 0 Å². The standard InChI is InChI=1S/C48H30/c1-2-15-32(16-3-1)43-29-34-18-6-7-19-35(34)30-44(43)46-42-25-13-12-24-41(42)45(36-27-26-31-14-4-5-17-33(31)28-36)47-39-22-10-8-20-37(39)38-21-9-11-23-40(38)48(46)47/h1-30H. The smallest absolute Gasteiger partial charge is 0.000741 e. The maximum atomic E-state index is 2.43. The molecule has 0 fully saturated rings. The van der Waals surface area contributed by atoms with Crippen LogP contribution >= 0.6 is 0 Å². The zero-order valence-electron chi connectivity index (χ0n) is 26.3. The number of hydrogen-bond donors (Lipinski definition) is 0. The topological polar surface area (TPSA) is 0 Å². The Kier molecular flexibility index (Phi) is 5.98. The monoisotopic (exact) mass is 606 g/mol. The second-order valence-corrected chi connectivity index (χ2v) is 12.8. The lowest BCUT2D eigenvalue weighted by molar-refractivity contribution is 1.63. The molecule has 10 aromatic carbocycles. The molecule has 0 saturated carbocycles. The van der Waals surface area contributed by atoms with E-state index in [2.05, 4.69) is 182 Å². The molecule has 0 saturated heterocycles. The Labute approximate surface area is 279 Å². The summed E-state index contributed by atoms with van der Waals surface area (Å²) in [7, 11) is 0. The second-order valence-electron chi connectivity index (χ2n) is 12.8. The van der Waals surface area contributed by atoms with Crippen LogP contribution in [0.15, 0.2) is 182 Å². The molecule has 48 heavy (non-hydrogen) atoms. The van der Waals surface area contributed by atoms with Gasteiger partial charge < -0.3 is 0 Å². The summed E-state index contributed by atoms with van der Waals surface area (Å²) < 4.78 is 0. The minimum Gasteiger partial charge on any atom is -0.0622 e. The molecule has 0 radical (unpaired) electrons. The number of benzene rings is 10. The van der Waals surface area contributed by atoms with E-state index in [0.29, 0.717) is 0 Å². The van der Waals surface area contributed by atoms with Crippen LogP contribution in [0.5, 0.6) is 0 Å². The van der Waals surface area contributed by atoms with Gasteiger partial charge in [0.2, 0.25) is 0 Å². The van der Waals surface area contributed by atoms with Crippen molar-refractivity contribution in [2.75, 3.05) is 0 Å². The summed E-state index contributed by atoms with van der Waals surface area (Å²) in [4.78, 5) is 0. The highest BCUT2D eigenvalue weighted by Gasteiger charge is 2.23. The van der Waals surface area contributed by atoms with Crippen molar-refractivity contribution in [2.24, 2.45) is 0 Å². The van der Waals surface area contributed by atoms with Gasteiger partial charge in [0.25, 0.3) is 0 Å². The minimum absolute atomic E-state index is 1.22. The third-order valence-corrected chi connectivity index (χ3v) is 10.2. The highest BCUT2D eigenvalue weighted by atomic mass is 14.3. The van der Waals surface area contributed by atoms with Crippen molar-refractivity contribution in [3.05, 3.63) is 182 Å². The summed E-state index contributed by atoms with van der Waals surface area (Å²) in [5.74, 6) is 0. The SMILES string of the molecule is c1ccc(-c2cc3ccccc3cc2-c2c3ccccc3c(-c3ccc4ccccc4c3)c3c4ccccc4c4ccccc4c23)cc1. The van der Waals surface area contributed by atoms with Gasteiger partial charge in [-0.2, -0.15) is 0 Å². The predicted octanol–water partition coefficient (Wildman–Crippen LogP) is 13.6. The van der Waals surface area contributed by atoms with Gasteiger partial charge in [-0.25, -0.2) is 0 Å². The maximum Gasteiger partial charge on any atom is -0.000741 e. The quantitative estimate of drug-likeness (QED) is 0.139. The molecule has 0 heterocycles. The van der Waals surface area contributed by atoms with Crippen LogP contribution in [0.4, 0.5) is 0 Å². The van der Waals surface area contributed by atoms with Gasteiger partial charge in [-0.15, -0.1) is 0 Å². The molecule has 0 unspecified atom stereocenters. The fraction of sp³-hybridized carbons (Fsp3) is 0. The molecule has 0 N–H and O–H groups in total. The van der Waals surface area contributed by atoms with Gasteiger partial charge in [0.15, 0.2) is 0 Å². The lowest BCUT2D eigenvalue weighted by Crippen LogP contribution is -1.95. The van der Waals surface area contributed by atoms with E-state index >= 15 is 0 Å². The molecular formula is C48H30. The molecule has 0 aromatic heterocycles. The summed E-state index contributed by atoms with van der Waals surface area (Å²) >= 11 is 0. The van der Waals surface area contributed by atoms with Crippen molar-refractivity contribution in [3.63, 3.8) is 0 Å². The Bertz CT molecular complexity index is 2880. The molecule has 10 aromatic rings. The van der Waals surface area contributed by atoms with Crippen LogP contribution < -0.4 is 0 Å². The van der Waals surface area contributed by atoms with Crippen molar-refractivity contribution in [1.29, 1.82) is 0 Å². The average molecular weight is 607 g/mol. The Morgan fingerprint density at radius 1 is 0.229 bits per heavy atom. The van der Waals surface area contributed by atoms with Gasteiger partial charge in [-0.05, 0) is 116 Å². The van der Waals surface area contributed by atoms with Gasteiger partial charge in [0.05, 0.1) is 0 Å². The Morgan fingerprint density at radius 3 is 1.29 bits per heavy atom. The first-order valence-corrected chi connectivity index (χ1v) is 16.7. The fourth-order valence-electron chi connectivity index (χ4n) is 8.08. The highest BCUT2D eigenvalue weighted by Crippen LogP contribution is 2.51. The maximum absolute atomic E-state index is 2.43. The molecule has 0 spiro atoms. The molecule has 0 aliphatic carbocycles. The van der Waals surface area contributed by atoms with Crippen LogP contribution in [0.3, 0.4) is 0 Å². The lowest BCUT2D eigenvalue weighted by Gasteiger charge is -2.23. The van der Waals surface area contributed by atoms with Gasteiger partial charge in [-0.1, -0.05) is 164 Å². The van der Waals surface area contributed by atoms with E-state index < -0.39 is 0 Å². The van der Waals surface area contributed by atoms with Crippen LogP contribution in [-0.4, -0.2) is 0 Å². The van der Waals surface area contributed by atoms with E-state index in [0.717, 1.165) is 0 Å². The van der Waals surface area contributed by atoms with Crippen molar-refractivity contribution >= 4 is 64.6 Å². The minimum atomic E-state index is 1.22. The molecule has 0 amide bonds. The van der Waals surface area contributed by atoms with E-state index in [4.69, 9.17) is 0 Å². The first-order valence-electron chi connectivity index (χ1n) is 16.7. The van der Waals surface area contributed by atoms with Crippen molar-refractivity contribution < 1.29 is 0 Å². The number of rotatable bonds is 3.